The molecule has 1 heterocycles. The molecule has 0 spiro atoms. The number of rotatable bonds is 10. The highest BCUT2D eigenvalue weighted by molar-refractivity contribution is 5.86. The van der Waals surface area contributed by atoms with Crippen molar-refractivity contribution in [1.82, 2.24) is 10.6 Å². The second-order valence-electron chi connectivity index (χ2n) is 5.18. The Kier molecular flexibility index (Phi) is 8.16. The lowest BCUT2D eigenvalue weighted by Gasteiger charge is -2.11. The standard InChI is InChI=1S/C14H23N5O2/c1-2-14(21)16-9-5-3-4-6-13(20)12-8-7-11(18-12)10-17-19-15/h2,11-12,18H,1,3-10H2,(H,16,21). The lowest BCUT2D eigenvalue weighted by Crippen LogP contribution is -2.36. The zero-order chi connectivity index (χ0) is 15.5. The molecule has 0 aliphatic carbocycles. The maximum Gasteiger partial charge on any atom is 0.243 e. The minimum Gasteiger partial charge on any atom is -0.353 e. The van der Waals surface area contributed by atoms with E-state index in [1.165, 1.54) is 6.08 Å². The Morgan fingerprint density at radius 3 is 2.90 bits per heavy atom. The molecule has 0 aromatic heterocycles. The lowest BCUT2D eigenvalue weighted by molar-refractivity contribution is -0.121. The summed E-state index contributed by atoms with van der Waals surface area (Å²) < 4.78 is 0. The van der Waals surface area contributed by atoms with Crippen LogP contribution in [0.25, 0.3) is 10.4 Å². The third-order valence-electron chi connectivity index (χ3n) is 3.58. The van der Waals surface area contributed by atoms with Crippen molar-refractivity contribution in [3.63, 3.8) is 0 Å². The normalized spacial score (nSPS) is 20.6. The Morgan fingerprint density at radius 1 is 1.38 bits per heavy atom. The van der Waals surface area contributed by atoms with Gasteiger partial charge in [0.05, 0.1) is 6.04 Å². The quantitative estimate of drug-likeness (QED) is 0.211. The van der Waals surface area contributed by atoms with Crippen LogP contribution in [0.2, 0.25) is 0 Å². The Hall–Kier alpha value is -1.85. The first kappa shape index (κ1) is 17.2. The van der Waals surface area contributed by atoms with Gasteiger partial charge in [-0.1, -0.05) is 18.1 Å². The molecular formula is C14H23N5O2. The minimum absolute atomic E-state index is 0.0932. The molecule has 1 fully saturated rings. The van der Waals surface area contributed by atoms with E-state index in [4.69, 9.17) is 5.53 Å². The summed E-state index contributed by atoms with van der Waals surface area (Å²) in [5.41, 5.74) is 8.27. The highest BCUT2D eigenvalue weighted by Gasteiger charge is 2.27. The summed E-state index contributed by atoms with van der Waals surface area (Å²) in [6.45, 7) is 4.40. The van der Waals surface area contributed by atoms with E-state index in [0.717, 1.165) is 32.1 Å². The number of carbonyl (C=O) groups is 2. The highest BCUT2D eigenvalue weighted by Crippen LogP contribution is 2.16. The summed E-state index contributed by atoms with van der Waals surface area (Å²) in [7, 11) is 0. The fourth-order valence-electron chi connectivity index (χ4n) is 2.41. The molecule has 0 saturated carbocycles. The zero-order valence-corrected chi connectivity index (χ0v) is 12.3. The molecule has 7 heteroatoms. The molecule has 2 atom stereocenters. The van der Waals surface area contributed by atoms with Crippen molar-refractivity contribution >= 4 is 11.7 Å². The number of unbranched alkanes of at least 4 members (excludes halogenated alkanes) is 2. The molecule has 1 amide bonds. The predicted molar refractivity (Wildman–Crippen MR) is 80.6 cm³/mol. The molecule has 1 saturated heterocycles. The lowest BCUT2D eigenvalue weighted by atomic mass is 10.0. The molecule has 116 valence electrons. The van der Waals surface area contributed by atoms with Gasteiger partial charge in [0.25, 0.3) is 0 Å². The summed E-state index contributed by atoms with van der Waals surface area (Å²) in [6, 6.07) is 0.0355. The third kappa shape index (κ3) is 6.92. The summed E-state index contributed by atoms with van der Waals surface area (Å²) in [6.07, 6.45) is 6.12. The van der Waals surface area contributed by atoms with Gasteiger partial charge in [-0.2, -0.15) is 0 Å². The maximum absolute atomic E-state index is 12.0. The van der Waals surface area contributed by atoms with Crippen molar-refractivity contribution < 1.29 is 9.59 Å². The Labute approximate surface area is 124 Å². The van der Waals surface area contributed by atoms with Crippen molar-refractivity contribution in [2.24, 2.45) is 5.11 Å². The number of Topliss-reactive ketones (excluding diaryl/α,β-unsaturated/α-hetero) is 1. The number of ketones is 1. The smallest absolute Gasteiger partial charge is 0.243 e. The molecule has 0 aromatic carbocycles. The number of amides is 1. The van der Waals surface area contributed by atoms with Crippen LogP contribution in [-0.2, 0) is 9.59 Å². The molecule has 7 nitrogen and oxygen atoms in total. The van der Waals surface area contributed by atoms with Crippen LogP contribution in [0.5, 0.6) is 0 Å². The van der Waals surface area contributed by atoms with Crippen LogP contribution in [0.3, 0.4) is 0 Å². The van der Waals surface area contributed by atoms with Gasteiger partial charge in [-0.3, -0.25) is 9.59 Å². The van der Waals surface area contributed by atoms with E-state index in [1.807, 2.05) is 0 Å². The fourth-order valence-corrected chi connectivity index (χ4v) is 2.41. The number of nitrogens with zero attached hydrogens (tertiary/aromatic N) is 3. The first-order chi connectivity index (χ1) is 10.2. The van der Waals surface area contributed by atoms with Crippen molar-refractivity contribution in [1.29, 1.82) is 0 Å². The maximum atomic E-state index is 12.0. The molecule has 1 aliphatic heterocycles. The summed E-state index contributed by atoms with van der Waals surface area (Å²) in [5, 5.41) is 9.45. The van der Waals surface area contributed by atoms with E-state index in [9.17, 15) is 9.59 Å². The molecule has 1 aliphatic rings. The number of hydrogen-bond donors (Lipinski definition) is 2. The van der Waals surface area contributed by atoms with Gasteiger partial charge in [-0.15, -0.1) is 0 Å². The Balaban J connectivity index is 2.07. The predicted octanol–water partition coefficient (Wildman–Crippen LogP) is 1.85. The van der Waals surface area contributed by atoms with E-state index in [0.29, 0.717) is 19.5 Å². The second kappa shape index (κ2) is 9.96. The fraction of sp³-hybridized carbons (Fsp3) is 0.714. The van der Waals surface area contributed by atoms with Crippen LogP contribution in [0.15, 0.2) is 17.8 Å². The second-order valence-corrected chi connectivity index (χ2v) is 5.18. The van der Waals surface area contributed by atoms with E-state index < -0.39 is 0 Å². The summed E-state index contributed by atoms with van der Waals surface area (Å²) >= 11 is 0. The van der Waals surface area contributed by atoms with E-state index in [1.54, 1.807) is 0 Å². The number of azide groups is 1. The van der Waals surface area contributed by atoms with Gasteiger partial charge in [0.1, 0.15) is 5.78 Å². The summed E-state index contributed by atoms with van der Waals surface area (Å²) in [4.78, 5) is 25.6. The van der Waals surface area contributed by atoms with Gasteiger partial charge in [-0.05, 0) is 37.3 Å². The van der Waals surface area contributed by atoms with Crippen LogP contribution in [0.4, 0.5) is 0 Å². The van der Waals surface area contributed by atoms with Crippen molar-refractivity contribution in [3.8, 4) is 0 Å². The Morgan fingerprint density at radius 2 is 2.19 bits per heavy atom. The van der Waals surface area contributed by atoms with Gasteiger partial charge in [0.2, 0.25) is 5.91 Å². The number of nitrogens with one attached hydrogen (secondary N) is 2. The van der Waals surface area contributed by atoms with E-state index in [2.05, 4.69) is 27.2 Å². The molecule has 0 radical (unpaired) electrons. The first-order valence-corrected chi connectivity index (χ1v) is 7.37. The topological polar surface area (TPSA) is 107 Å². The highest BCUT2D eigenvalue weighted by atomic mass is 16.1. The van der Waals surface area contributed by atoms with Crippen LogP contribution in [0.1, 0.15) is 38.5 Å². The molecule has 1 rings (SSSR count). The average molecular weight is 293 g/mol. The summed E-state index contributed by atoms with van der Waals surface area (Å²) in [5.74, 6) is 0.0702. The van der Waals surface area contributed by atoms with Crippen molar-refractivity contribution in [2.45, 2.75) is 50.6 Å². The molecular weight excluding hydrogens is 270 g/mol. The molecule has 0 bridgehead atoms. The number of carbonyl (C=O) groups excluding carboxylic acids is 2. The zero-order valence-electron chi connectivity index (χ0n) is 12.3. The monoisotopic (exact) mass is 293 g/mol. The van der Waals surface area contributed by atoms with Crippen molar-refractivity contribution in [2.75, 3.05) is 13.1 Å². The van der Waals surface area contributed by atoms with E-state index >= 15 is 0 Å². The molecule has 2 unspecified atom stereocenters. The van der Waals surface area contributed by atoms with Gasteiger partial charge < -0.3 is 10.6 Å². The van der Waals surface area contributed by atoms with Crippen LogP contribution in [0, 0.1) is 0 Å². The minimum atomic E-state index is -0.160. The average Bonchev–Trinajstić information content (AvgIpc) is 2.97. The largest absolute Gasteiger partial charge is 0.353 e. The number of hydrogen-bond acceptors (Lipinski definition) is 4. The molecule has 21 heavy (non-hydrogen) atoms. The van der Waals surface area contributed by atoms with Crippen LogP contribution >= 0.6 is 0 Å². The van der Waals surface area contributed by atoms with Gasteiger partial charge >= 0.3 is 0 Å². The molecule has 0 aromatic rings. The van der Waals surface area contributed by atoms with E-state index in [-0.39, 0.29) is 23.8 Å². The first-order valence-electron chi connectivity index (χ1n) is 7.37. The van der Waals surface area contributed by atoms with Gasteiger partial charge in [-0.25, -0.2) is 0 Å². The van der Waals surface area contributed by atoms with Gasteiger partial charge in [0.15, 0.2) is 0 Å². The van der Waals surface area contributed by atoms with Crippen LogP contribution in [-0.4, -0.2) is 36.9 Å². The van der Waals surface area contributed by atoms with Crippen LogP contribution < -0.4 is 10.6 Å². The third-order valence-corrected chi connectivity index (χ3v) is 3.58. The molecule has 2 N–H and O–H groups in total. The Bertz CT molecular complexity index is 418. The van der Waals surface area contributed by atoms with Gasteiger partial charge in [0, 0.05) is 30.5 Å². The SMILES string of the molecule is C=CC(=O)NCCCCCC(=O)C1CCC(CN=[N+]=[N-])N1. The van der Waals surface area contributed by atoms with Crippen molar-refractivity contribution in [3.05, 3.63) is 23.1 Å².